The first-order chi connectivity index (χ1) is 15.9. The number of ether oxygens (including phenoxy) is 2. The van der Waals surface area contributed by atoms with E-state index in [-0.39, 0.29) is 17.2 Å². The van der Waals surface area contributed by atoms with Gasteiger partial charge in [-0.2, -0.15) is 4.98 Å². The molecule has 33 heavy (non-hydrogen) atoms. The first kappa shape index (κ1) is 23.7. The summed E-state index contributed by atoms with van der Waals surface area (Å²) in [6, 6.07) is 5.61. The Kier molecular flexibility index (Phi) is 7.02. The van der Waals surface area contributed by atoms with Crippen LogP contribution in [0.2, 0.25) is 0 Å². The first-order valence-corrected chi connectivity index (χ1v) is 12.9. The third kappa shape index (κ3) is 4.90. The number of fused-ring (bicyclic) bond motifs is 1. The third-order valence-electron chi connectivity index (χ3n) is 5.79. The van der Waals surface area contributed by atoms with E-state index in [9.17, 15) is 4.79 Å². The molecule has 0 amide bonds. The molecule has 1 N–H and O–H groups in total. The van der Waals surface area contributed by atoms with E-state index in [1.54, 1.807) is 11.8 Å². The minimum atomic E-state index is -0.345. The summed E-state index contributed by atoms with van der Waals surface area (Å²) in [4.78, 5) is 18.2. The summed E-state index contributed by atoms with van der Waals surface area (Å²) < 4.78 is 13.7. The minimum Gasteiger partial charge on any atom is -0.490 e. The van der Waals surface area contributed by atoms with Crippen LogP contribution in [0.15, 0.2) is 34.6 Å². The highest BCUT2D eigenvalue weighted by atomic mass is 32.2. The molecule has 0 bridgehead atoms. The van der Waals surface area contributed by atoms with Crippen LogP contribution in [0.3, 0.4) is 0 Å². The summed E-state index contributed by atoms with van der Waals surface area (Å²) in [7, 11) is 0. The zero-order valence-electron chi connectivity index (χ0n) is 20.2. The number of carbonyl (C=O) groups excluding carboxylic acids is 1. The van der Waals surface area contributed by atoms with Crippen LogP contribution >= 0.6 is 11.8 Å². The van der Waals surface area contributed by atoms with Crippen LogP contribution in [0.1, 0.15) is 71.9 Å². The highest BCUT2D eigenvalue weighted by molar-refractivity contribution is 7.99. The van der Waals surface area contributed by atoms with E-state index >= 15 is 0 Å². The number of hydrogen-bond donors (Lipinski definition) is 1. The number of ketones is 1. The molecule has 0 radical (unpaired) electrons. The summed E-state index contributed by atoms with van der Waals surface area (Å²) in [5.74, 6) is 3.21. The molecule has 0 saturated heterocycles. The maximum atomic E-state index is 13.4. The van der Waals surface area contributed by atoms with Gasteiger partial charge in [-0.15, -0.1) is 5.10 Å². The molecule has 0 saturated carbocycles. The number of allylic oxidation sites excluding steroid dienone is 2. The fourth-order valence-corrected chi connectivity index (χ4v) is 5.13. The van der Waals surface area contributed by atoms with Crippen molar-refractivity contribution >= 4 is 23.5 Å². The molecule has 1 aromatic carbocycles. The highest BCUT2D eigenvalue weighted by Crippen LogP contribution is 2.46. The number of carbonyl (C=O) groups is 1. The van der Waals surface area contributed by atoms with Crippen LogP contribution in [0.25, 0.3) is 0 Å². The molecule has 178 valence electrons. The molecule has 1 aliphatic heterocycles. The number of aromatic nitrogens is 3. The van der Waals surface area contributed by atoms with Gasteiger partial charge in [-0.3, -0.25) is 4.79 Å². The first-order valence-electron chi connectivity index (χ1n) is 11.9. The van der Waals surface area contributed by atoms with Gasteiger partial charge in [0.2, 0.25) is 11.1 Å². The Bertz CT molecular complexity index is 1060. The van der Waals surface area contributed by atoms with Crippen LogP contribution in [-0.2, 0) is 4.79 Å². The molecule has 0 spiro atoms. The van der Waals surface area contributed by atoms with Gasteiger partial charge in [-0.25, -0.2) is 4.68 Å². The number of anilines is 1. The topological polar surface area (TPSA) is 78.3 Å². The lowest BCUT2D eigenvalue weighted by molar-refractivity contribution is -0.118. The van der Waals surface area contributed by atoms with Crippen LogP contribution in [0.5, 0.6) is 11.5 Å². The van der Waals surface area contributed by atoms with Crippen molar-refractivity contribution in [3.05, 3.63) is 35.0 Å². The Balaban J connectivity index is 1.82. The molecular weight excluding hydrogens is 436 g/mol. The number of benzene rings is 1. The van der Waals surface area contributed by atoms with Crippen molar-refractivity contribution in [2.45, 2.75) is 71.5 Å². The van der Waals surface area contributed by atoms with Crippen molar-refractivity contribution in [3.63, 3.8) is 0 Å². The number of Topliss-reactive ketones (excluding diaryl/α,β-unsaturated/α-hetero) is 1. The second-order valence-electron chi connectivity index (χ2n) is 9.36. The normalized spacial score (nSPS) is 19.1. The van der Waals surface area contributed by atoms with E-state index in [1.807, 2.05) is 29.8 Å². The summed E-state index contributed by atoms with van der Waals surface area (Å²) in [6.45, 7) is 11.6. The molecule has 7 nitrogen and oxygen atoms in total. The average molecular weight is 471 g/mol. The van der Waals surface area contributed by atoms with Gasteiger partial charge in [0.15, 0.2) is 17.3 Å². The summed E-state index contributed by atoms with van der Waals surface area (Å²) >= 11 is 1.64. The molecule has 1 atom stereocenters. The van der Waals surface area contributed by atoms with Gasteiger partial charge in [0.25, 0.3) is 0 Å². The van der Waals surface area contributed by atoms with Gasteiger partial charge in [0, 0.05) is 23.4 Å². The van der Waals surface area contributed by atoms with Crippen LogP contribution in [0, 0.1) is 5.41 Å². The summed E-state index contributed by atoms with van der Waals surface area (Å²) in [6.07, 6.45) is 3.28. The zero-order valence-corrected chi connectivity index (χ0v) is 21.1. The Labute approximate surface area is 200 Å². The lowest BCUT2D eigenvalue weighted by Crippen LogP contribution is -2.36. The SMILES string of the molecule is CCCOc1ccc(C2C3=C(CC(C)(C)CC3=O)Nc3nc(SCCC)nn32)cc1OCC. The Morgan fingerprint density at radius 3 is 2.70 bits per heavy atom. The molecule has 2 aliphatic rings. The monoisotopic (exact) mass is 470 g/mol. The molecule has 1 aromatic heterocycles. The van der Waals surface area contributed by atoms with Crippen LogP contribution in [-0.4, -0.2) is 39.5 Å². The smallest absolute Gasteiger partial charge is 0.227 e. The number of rotatable bonds is 9. The van der Waals surface area contributed by atoms with Crippen LogP contribution in [0.4, 0.5) is 5.95 Å². The maximum Gasteiger partial charge on any atom is 0.227 e. The molecule has 1 unspecified atom stereocenters. The predicted molar refractivity (Wildman–Crippen MR) is 131 cm³/mol. The van der Waals surface area contributed by atoms with Crippen molar-refractivity contribution in [2.24, 2.45) is 5.41 Å². The lowest BCUT2D eigenvalue weighted by Gasteiger charge is -2.38. The fourth-order valence-electron chi connectivity index (χ4n) is 4.45. The fraction of sp³-hybridized carbons (Fsp3) is 0.560. The third-order valence-corrected chi connectivity index (χ3v) is 6.84. The average Bonchev–Trinajstić information content (AvgIpc) is 3.17. The largest absolute Gasteiger partial charge is 0.490 e. The van der Waals surface area contributed by atoms with Gasteiger partial charge in [-0.05, 0) is 49.3 Å². The van der Waals surface area contributed by atoms with Gasteiger partial charge in [-0.1, -0.05) is 45.5 Å². The number of nitrogens with zero attached hydrogens (tertiary/aromatic N) is 3. The quantitative estimate of drug-likeness (QED) is 0.476. The molecular formula is C25H34N4O3S. The molecule has 0 fully saturated rings. The van der Waals surface area contributed by atoms with Gasteiger partial charge >= 0.3 is 0 Å². The number of nitrogens with one attached hydrogen (secondary N) is 1. The molecule has 4 rings (SSSR count). The van der Waals surface area contributed by atoms with Crippen molar-refractivity contribution in [2.75, 3.05) is 24.3 Å². The van der Waals surface area contributed by atoms with E-state index in [4.69, 9.17) is 19.6 Å². The molecule has 2 heterocycles. The summed E-state index contributed by atoms with van der Waals surface area (Å²) in [5.41, 5.74) is 2.59. The van der Waals surface area contributed by atoms with E-state index in [1.165, 1.54) is 0 Å². The number of hydrogen-bond acceptors (Lipinski definition) is 7. The Hall–Kier alpha value is -2.48. The van der Waals surface area contributed by atoms with E-state index in [2.05, 4.69) is 33.0 Å². The maximum absolute atomic E-state index is 13.4. The van der Waals surface area contributed by atoms with Gasteiger partial charge < -0.3 is 14.8 Å². The standard InChI is InChI=1S/C25H34N4O3S/c1-6-11-32-19-10-9-16(13-20(19)31-8-3)22-21-17(14-25(4,5)15-18(21)30)26-23-27-24(28-29(22)23)33-12-7-2/h9-10,13,22H,6-8,11-12,14-15H2,1-5H3,(H,26,27,28). The molecule has 1 aliphatic carbocycles. The second-order valence-corrected chi connectivity index (χ2v) is 10.4. The van der Waals surface area contributed by atoms with Crippen molar-refractivity contribution in [1.82, 2.24) is 14.8 Å². The van der Waals surface area contributed by atoms with Crippen molar-refractivity contribution < 1.29 is 14.3 Å². The lowest BCUT2D eigenvalue weighted by atomic mass is 9.73. The predicted octanol–water partition coefficient (Wildman–Crippen LogP) is 5.63. The van der Waals surface area contributed by atoms with Gasteiger partial charge in [0.1, 0.15) is 6.04 Å². The second kappa shape index (κ2) is 9.79. The van der Waals surface area contributed by atoms with E-state index < -0.39 is 0 Å². The Morgan fingerprint density at radius 2 is 1.97 bits per heavy atom. The van der Waals surface area contributed by atoms with Gasteiger partial charge in [0.05, 0.1) is 13.2 Å². The Morgan fingerprint density at radius 1 is 1.15 bits per heavy atom. The molecule has 2 aromatic rings. The zero-order chi connectivity index (χ0) is 23.6. The summed E-state index contributed by atoms with van der Waals surface area (Å²) in [5, 5.41) is 8.97. The molecule has 8 heteroatoms. The minimum absolute atomic E-state index is 0.0935. The van der Waals surface area contributed by atoms with E-state index in [0.717, 1.165) is 52.8 Å². The van der Waals surface area contributed by atoms with Crippen molar-refractivity contribution in [3.8, 4) is 11.5 Å². The highest BCUT2D eigenvalue weighted by Gasteiger charge is 2.42. The van der Waals surface area contributed by atoms with E-state index in [0.29, 0.717) is 31.3 Å². The van der Waals surface area contributed by atoms with Crippen molar-refractivity contribution in [1.29, 1.82) is 0 Å². The van der Waals surface area contributed by atoms with Crippen LogP contribution < -0.4 is 14.8 Å². The number of thioether (sulfide) groups is 1.